The van der Waals surface area contributed by atoms with Crippen LogP contribution in [-0.4, -0.2) is 31.6 Å². The largest absolute Gasteiger partial charge is 0.399 e. The van der Waals surface area contributed by atoms with Crippen molar-refractivity contribution in [2.45, 2.75) is 13.3 Å². The number of benzene rings is 2. The molecule has 6 nitrogen and oxygen atoms in total. The number of nitrogens with zero attached hydrogens (tertiary/aromatic N) is 1. The second-order valence-electron chi connectivity index (χ2n) is 5.37. The fourth-order valence-electron chi connectivity index (χ4n) is 2.28. The molecule has 0 saturated carbocycles. The van der Waals surface area contributed by atoms with Gasteiger partial charge in [0, 0.05) is 36.8 Å². The molecule has 0 radical (unpaired) electrons. The SMILES string of the molecule is CCOCCCNC(=O)C(=O)N(c1ccccc1)c1ccc(N)cc1. The second kappa shape index (κ2) is 9.44. The molecule has 2 rings (SSSR count). The van der Waals surface area contributed by atoms with Gasteiger partial charge < -0.3 is 15.8 Å². The Morgan fingerprint density at radius 3 is 2.32 bits per heavy atom. The van der Waals surface area contributed by atoms with Crippen LogP contribution in [0, 0.1) is 0 Å². The van der Waals surface area contributed by atoms with Gasteiger partial charge in [0.25, 0.3) is 0 Å². The quantitative estimate of drug-likeness (QED) is 0.460. The Morgan fingerprint density at radius 1 is 1.04 bits per heavy atom. The van der Waals surface area contributed by atoms with Crippen LogP contribution in [0.4, 0.5) is 17.1 Å². The van der Waals surface area contributed by atoms with Crippen LogP contribution in [0.1, 0.15) is 13.3 Å². The molecule has 0 aliphatic heterocycles. The predicted octanol–water partition coefficient (Wildman–Crippen LogP) is 2.48. The van der Waals surface area contributed by atoms with Crippen molar-refractivity contribution in [3.05, 3.63) is 54.6 Å². The summed E-state index contributed by atoms with van der Waals surface area (Å²) in [5, 5.41) is 2.64. The number of hydrogen-bond acceptors (Lipinski definition) is 4. The molecule has 0 aromatic heterocycles. The van der Waals surface area contributed by atoms with Crippen molar-refractivity contribution in [1.82, 2.24) is 5.32 Å². The van der Waals surface area contributed by atoms with E-state index in [4.69, 9.17) is 10.5 Å². The Kier molecular flexibility index (Phi) is 6.98. The van der Waals surface area contributed by atoms with Gasteiger partial charge in [0.2, 0.25) is 0 Å². The zero-order valence-electron chi connectivity index (χ0n) is 14.3. The lowest BCUT2D eigenvalue weighted by Gasteiger charge is -2.22. The summed E-state index contributed by atoms with van der Waals surface area (Å²) in [6, 6.07) is 15.8. The summed E-state index contributed by atoms with van der Waals surface area (Å²) < 4.78 is 5.21. The van der Waals surface area contributed by atoms with Crippen LogP contribution >= 0.6 is 0 Å². The Morgan fingerprint density at radius 2 is 1.68 bits per heavy atom. The molecule has 0 spiro atoms. The lowest BCUT2D eigenvalue weighted by atomic mass is 10.2. The van der Waals surface area contributed by atoms with Crippen molar-refractivity contribution >= 4 is 28.9 Å². The zero-order valence-corrected chi connectivity index (χ0v) is 14.3. The minimum atomic E-state index is -0.655. The van der Waals surface area contributed by atoms with Crippen LogP contribution in [0.5, 0.6) is 0 Å². The van der Waals surface area contributed by atoms with Crippen molar-refractivity contribution in [3.8, 4) is 0 Å². The van der Waals surface area contributed by atoms with Gasteiger partial charge in [0.15, 0.2) is 0 Å². The third kappa shape index (κ3) is 5.32. The second-order valence-corrected chi connectivity index (χ2v) is 5.37. The molecule has 0 atom stereocenters. The number of carbonyl (C=O) groups excluding carboxylic acids is 2. The molecule has 3 N–H and O–H groups in total. The number of nitrogen functional groups attached to an aromatic ring is 1. The molecule has 132 valence electrons. The lowest BCUT2D eigenvalue weighted by Crippen LogP contribution is -2.41. The van der Waals surface area contributed by atoms with Gasteiger partial charge in [-0.15, -0.1) is 0 Å². The highest BCUT2D eigenvalue weighted by molar-refractivity contribution is 6.42. The number of anilines is 3. The average Bonchev–Trinajstić information content (AvgIpc) is 2.64. The van der Waals surface area contributed by atoms with E-state index in [0.29, 0.717) is 43.2 Å². The van der Waals surface area contributed by atoms with Crippen LogP contribution in [0.25, 0.3) is 0 Å². The zero-order chi connectivity index (χ0) is 18.1. The molecule has 0 heterocycles. The molecule has 0 aliphatic carbocycles. The van der Waals surface area contributed by atoms with E-state index in [1.165, 1.54) is 4.90 Å². The number of carbonyl (C=O) groups is 2. The normalized spacial score (nSPS) is 10.3. The molecular weight excluding hydrogens is 318 g/mol. The maximum absolute atomic E-state index is 12.7. The summed E-state index contributed by atoms with van der Waals surface area (Å²) in [4.78, 5) is 26.3. The maximum Gasteiger partial charge on any atom is 0.320 e. The van der Waals surface area contributed by atoms with Crippen molar-refractivity contribution in [2.24, 2.45) is 0 Å². The van der Waals surface area contributed by atoms with Gasteiger partial charge in [-0.3, -0.25) is 14.5 Å². The number of hydrogen-bond donors (Lipinski definition) is 2. The molecule has 0 bridgehead atoms. The first-order chi connectivity index (χ1) is 12.1. The molecule has 0 fully saturated rings. The first kappa shape index (κ1) is 18.5. The third-order valence-corrected chi connectivity index (χ3v) is 3.52. The van der Waals surface area contributed by atoms with Crippen molar-refractivity contribution in [3.63, 3.8) is 0 Å². The Labute approximate surface area is 147 Å². The van der Waals surface area contributed by atoms with E-state index in [1.807, 2.05) is 25.1 Å². The van der Waals surface area contributed by atoms with E-state index < -0.39 is 11.8 Å². The molecule has 2 aromatic rings. The molecule has 2 aromatic carbocycles. The van der Waals surface area contributed by atoms with Gasteiger partial charge in [0.05, 0.1) is 0 Å². The number of para-hydroxylation sites is 1. The van der Waals surface area contributed by atoms with E-state index >= 15 is 0 Å². The van der Waals surface area contributed by atoms with Crippen molar-refractivity contribution in [2.75, 3.05) is 30.4 Å². The van der Waals surface area contributed by atoms with E-state index in [-0.39, 0.29) is 0 Å². The highest BCUT2D eigenvalue weighted by Crippen LogP contribution is 2.26. The topological polar surface area (TPSA) is 84.7 Å². The molecule has 0 saturated heterocycles. The summed E-state index contributed by atoms with van der Waals surface area (Å²) in [5.74, 6) is -1.30. The lowest BCUT2D eigenvalue weighted by molar-refractivity contribution is -0.137. The summed E-state index contributed by atoms with van der Waals surface area (Å²) >= 11 is 0. The molecule has 0 unspecified atom stereocenters. The first-order valence-corrected chi connectivity index (χ1v) is 8.24. The molecule has 25 heavy (non-hydrogen) atoms. The molecule has 6 heteroatoms. The van der Waals surface area contributed by atoms with E-state index in [9.17, 15) is 9.59 Å². The van der Waals surface area contributed by atoms with E-state index in [0.717, 1.165) is 0 Å². The van der Waals surface area contributed by atoms with Crippen LogP contribution < -0.4 is 16.0 Å². The number of nitrogens with one attached hydrogen (secondary N) is 1. The summed E-state index contributed by atoms with van der Waals surface area (Å²) in [6.45, 7) is 3.47. The third-order valence-electron chi connectivity index (χ3n) is 3.52. The fraction of sp³-hybridized carbons (Fsp3) is 0.263. The Balaban J connectivity index is 2.13. The smallest absolute Gasteiger partial charge is 0.320 e. The van der Waals surface area contributed by atoms with Gasteiger partial charge in [-0.05, 0) is 49.7 Å². The molecule has 0 aliphatic rings. The van der Waals surface area contributed by atoms with E-state index in [1.54, 1.807) is 36.4 Å². The highest BCUT2D eigenvalue weighted by Gasteiger charge is 2.24. The standard InChI is InChI=1S/C19H23N3O3/c1-2-25-14-6-13-21-18(23)19(24)22(16-7-4-3-5-8-16)17-11-9-15(20)10-12-17/h3-5,7-12H,2,6,13-14,20H2,1H3,(H,21,23). The number of amides is 2. The van der Waals surface area contributed by atoms with Gasteiger partial charge in [-0.2, -0.15) is 0 Å². The summed E-state index contributed by atoms with van der Waals surface area (Å²) in [7, 11) is 0. The number of rotatable bonds is 7. The van der Waals surface area contributed by atoms with Gasteiger partial charge in [-0.1, -0.05) is 18.2 Å². The maximum atomic E-state index is 12.7. The summed E-state index contributed by atoms with van der Waals surface area (Å²) in [5.41, 5.74) is 7.49. The van der Waals surface area contributed by atoms with Crippen LogP contribution in [0.15, 0.2) is 54.6 Å². The van der Waals surface area contributed by atoms with Gasteiger partial charge >= 0.3 is 11.8 Å². The van der Waals surface area contributed by atoms with E-state index in [2.05, 4.69) is 5.32 Å². The Hall–Kier alpha value is -2.86. The first-order valence-electron chi connectivity index (χ1n) is 8.24. The fourth-order valence-corrected chi connectivity index (χ4v) is 2.28. The monoisotopic (exact) mass is 341 g/mol. The predicted molar refractivity (Wildman–Crippen MR) is 98.6 cm³/mol. The van der Waals surface area contributed by atoms with Crippen molar-refractivity contribution in [1.29, 1.82) is 0 Å². The number of ether oxygens (including phenoxy) is 1. The summed E-state index contributed by atoms with van der Waals surface area (Å²) in [6.07, 6.45) is 0.653. The van der Waals surface area contributed by atoms with Crippen molar-refractivity contribution < 1.29 is 14.3 Å². The van der Waals surface area contributed by atoms with Gasteiger partial charge in [-0.25, -0.2) is 0 Å². The average molecular weight is 341 g/mol. The van der Waals surface area contributed by atoms with Crippen LogP contribution in [-0.2, 0) is 14.3 Å². The highest BCUT2D eigenvalue weighted by atomic mass is 16.5. The van der Waals surface area contributed by atoms with Crippen LogP contribution in [0.3, 0.4) is 0 Å². The van der Waals surface area contributed by atoms with Crippen LogP contribution in [0.2, 0.25) is 0 Å². The molecular formula is C19H23N3O3. The number of nitrogens with two attached hydrogens (primary N) is 1. The van der Waals surface area contributed by atoms with Gasteiger partial charge in [0.1, 0.15) is 0 Å². The molecule has 2 amide bonds. The minimum Gasteiger partial charge on any atom is -0.399 e. The minimum absolute atomic E-state index is 0.384. The Bertz CT molecular complexity index is 687.